The van der Waals surface area contributed by atoms with Crippen LogP contribution in [0, 0.1) is 0 Å². The molecule has 0 bridgehead atoms. The number of carbonyl (C=O) groups is 3. The van der Waals surface area contributed by atoms with E-state index in [1.807, 2.05) is 6.92 Å². The lowest BCUT2D eigenvalue weighted by Crippen LogP contribution is -2.32. The molecule has 1 fully saturated rings. The van der Waals surface area contributed by atoms with Crippen LogP contribution in [0.1, 0.15) is 32.6 Å². The first-order valence-electron chi connectivity index (χ1n) is 6.25. The number of hydrogen-bond donors (Lipinski definition) is 0. The first kappa shape index (κ1) is 14.9. The van der Waals surface area contributed by atoms with Crippen molar-refractivity contribution in [1.82, 2.24) is 5.06 Å². The zero-order chi connectivity index (χ0) is 14.8. The van der Waals surface area contributed by atoms with Crippen LogP contribution in [-0.4, -0.2) is 44.6 Å². The van der Waals surface area contributed by atoms with E-state index in [9.17, 15) is 18.9 Å². The highest BCUT2D eigenvalue weighted by atomic mass is 32.2. The van der Waals surface area contributed by atoms with E-state index < -0.39 is 34.6 Å². The lowest BCUT2D eigenvalue weighted by atomic mass is 10.2. The summed E-state index contributed by atoms with van der Waals surface area (Å²) in [6.45, 7) is 1.84. The molecule has 2 amide bonds. The molecule has 1 atom stereocenters. The van der Waals surface area contributed by atoms with Crippen molar-refractivity contribution >= 4 is 29.0 Å². The maximum atomic E-state index is 11.7. The van der Waals surface area contributed by atoms with E-state index in [-0.39, 0.29) is 25.0 Å². The molecule has 0 aromatic rings. The Bertz CT molecular complexity index is 445. The maximum Gasteiger partial charge on any atom is 0.337 e. The fourth-order valence-electron chi connectivity index (χ4n) is 1.60. The van der Waals surface area contributed by atoms with Crippen LogP contribution in [0.2, 0.25) is 0 Å². The predicted molar refractivity (Wildman–Crippen MR) is 67.6 cm³/mol. The van der Waals surface area contributed by atoms with Crippen LogP contribution in [0.15, 0.2) is 10.2 Å². The van der Waals surface area contributed by atoms with Gasteiger partial charge in [0.2, 0.25) is 0 Å². The first-order valence-corrected chi connectivity index (χ1v) is 7.74. The number of hydrogen-bond acceptors (Lipinski definition) is 7. The Morgan fingerprint density at radius 2 is 1.95 bits per heavy atom. The average Bonchev–Trinajstić information content (AvgIpc) is 3.07. The van der Waals surface area contributed by atoms with Crippen molar-refractivity contribution in [3.8, 4) is 0 Å². The normalized spacial score (nSPS) is 21.2. The third-order valence-corrected chi connectivity index (χ3v) is 4.30. The van der Waals surface area contributed by atoms with E-state index in [0.717, 1.165) is 0 Å². The Kier molecular flexibility index (Phi) is 4.39. The second kappa shape index (κ2) is 5.88. The van der Waals surface area contributed by atoms with Gasteiger partial charge in [-0.1, -0.05) is 11.2 Å². The molecule has 1 unspecified atom stereocenters. The SMILES string of the molecule is CC1(CC[S+]([O-])CCC(=O)ON2C(=O)CCC2=O)N=N1. The lowest BCUT2D eigenvalue weighted by molar-refractivity contribution is -0.197. The van der Waals surface area contributed by atoms with Gasteiger partial charge in [-0.3, -0.25) is 9.59 Å². The summed E-state index contributed by atoms with van der Waals surface area (Å²) in [5.41, 5.74) is -0.398. The Morgan fingerprint density at radius 1 is 1.35 bits per heavy atom. The van der Waals surface area contributed by atoms with Gasteiger partial charge in [-0.05, 0) is 6.92 Å². The third-order valence-electron chi connectivity index (χ3n) is 2.98. The van der Waals surface area contributed by atoms with Gasteiger partial charge in [-0.25, -0.2) is 4.79 Å². The molecule has 9 heteroatoms. The van der Waals surface area contributed by atoms with Crippen LogP contribution in [0.3, 0.4) is 0 Å². The fourth-order valence-corrected chi connectivity index (χ4v) is 2.81. The molecule has 0 aromatic carbocycles. The molecule has 1 saturated heterocycles. The highest BCUT2D eigenvalue weighted by molar-refractivity contribution is 7.91. The van der Waals surface area contributed by atoms with Crippen LogP contribution < -0.4 is 0 Å². The molecule has 2 aliphatic rings. The minimum absolute atomic E-state index is 0.0592. The minimum Gasteiger partial charge on any atom is -0.616 e. The number of imide groups is 1. The number of amides is 2. The van der Waals surface area contributed by atoms with Gasteiger partial charge in [0.15, 0.2) is 5.66 Å². The van der Waals surface area contributed by atoms with Crippen LogP contribution in [-0.2, 0) is 30.4 Å². The smallest absolute Gasteiger partial charge is 0.337 e. The highest BCUT2D eigenvalue weighted by Crippen LogP contribution is 2.31. The van der Waals surface area contributed by atoms with Crippen molar-refractivity contribution in [3.05, 3.63) is 0 Å². The molecule has 2 rings (SSSR count). The summed E-state index contributed by atoms with van der Waals surface area (Å²) in [4.78, 5) is 38.6. The summed E-state index contributed by atoms with van der Waals surface area (Å²) < 4.78 is 11.7. The molecule has 0 aliphatic carbocycles. The van der Waals surface area contributed by atoms with Crippen molar-refractivity contribution in [1.29, 1.82) is 0 Å². The van der Waals surface area contributed by atoms with Gasteiger partial charge in [-0.15, -0.1) is 5.06 Å². The standard InChI is InChI=1S/C11H15N3O5S/c1-11(12-13-11)5-7-20(18)6-4-10(17)19-14-8(15)2-3-9(14)16/h2-7H2,1H3. The second-order valence-electron chi connectivity index (χ2n) is 4.81. The van der Waals surface area contributed by atoms with Crippen LogP contribution in [0.25, 0.3) is 0 Å². The van der Waals surface area contributed by atoms with E-state index in [2.05, 4.69) is 15.1 Å². The molecule has 2 aliphatic heterocycles. The van der Waals surface area contributed by atoms with Crippen molar-refractivity contribution in [2.24, 2.45) is 10.2 Å². The highest BCUT2D eigenvalue weighted by Gasteiger charge is 2.35. The van der Waals surface area contributed by atoms with Crippen LogP contribution in [0.4, 0.5) is 0 Å². The summed E-state index contributed by atoms with van der Waals surface area (Å²) in [6, 6.07) is 0. The topological polar surface area (TPSA) is 111 Å². The van der Waals surface area contributed by atoms with Crippen molar-refractivity contribution in [3.63, 3.8) is 0 Å². The third kappa shape index (κ3) is 4.01. The van der Waals surface area contributed by atoms with Gasteiger partial charge < -0.3 is 9.39 Å². The molecule has 0 saturated carbocycles. The average molecular weight is 301 g/mol. The van der Waals surface area contributed by atoms with Gasteiger partial charge in [0, 0.05) is 19.3 Å². The molecule has 0 spiro atoms. The summed E-state index contributed by atoms with van der Waals surface area (Å²) in [5.74, 6) is -1.23. The van der Waals surface area contributed by atoms with Gasteiger partial charge in [0.1, 0.15) is 11.5 Å². The largest absolute Gasteiger partial charge is 0.616 e. The summed E-state index contributed by atoms with van der Waals surface area (Å²) in [6.07, 6.45) is 0.597. The van der Waals surface area contributed by atoms with E-state index in [4.69, 9.17) is 0 Å². The van der Waals surface area contributed by atoms with Crippen LogP contribution in [0.5, 0.6) is 0 Å². The van der Waals surface area contributed by atoms with E-state index in [0.29, 0.717) is 17.2 Å². The van der Waals surface area contributed by atoms with Crippen LogP contribution >= 0.6 is 0 Å². The van der Waals surface area contributed by atoms with Crippen molar-refractivity contribution in [2.75, 3.05) is 11.5 Å². The number of hydroxylamine groups is 2. The minimum atomic E-state index is -1.18. The molecule has 0 aromatic heterocycles. The predicted octanol–water partition coefficient (Wildman–Crippen LogP) is 0.304. The summed E-state index contributed by atoms with van der Waals surface area (Å²) in [5, 5.41) is 8.10. The number of rotatable bonds is 7. The van der Waals surface area contributed by atoms with E-state index >= 15 is 0 Å². The Labute approximate surface area is 118 Å². The zero-order valence-electron chi connectivity index (χ0n) is 11.0. The molecule has 110 valence electrons. The van der Waals surface area contributed by atoms with Gasteiger partial charge in [0.05, 0.1) is 6.42 Å². The number of carbonyl (C=O) groups excluding carboxylic acids is 3. The molecule has 0 N–H and O–H groups in total. The zero-order valence-corrected chi connectivity index (χ0v) is 11.9. The second-order valence-corrected chi connectivity index (χ2v) is 6.51. The lowest BCUT2D eigenvalue weighted by Gasteiger charge is -2.14. The van der Waals surface area contributed by atoms with E-state index in [1.54, 1.807) is 0 Å². The van der Waals surface area contributed by atoms with Gasteiger partial charge >= 0.3 is 5.97 Å². The molecular weight excluding hydrogens is 286 g/mol. The van der Waals surface area contributed by atoms with E-state index in [1.165, 1.54) is 0 Å². The number of nitrogens with zero attached hydrogens (tertiary/aromatic N) is 3. The maximum absolute atomic E-state index is 11.7. The Hall–Kier alpha value is -1.48. The Balaban J connectivity index is 1.64. The first-order chi connectivity index (χ1) is 9.39. The molecule has 0 radical (unpaired) electrons. The molecular formula is C11H15N3O5S. The Morgan fingerprint density at radius 3 is 2.50 bits per heavy atom. The van der Waals surface area contributed by atoms with Gasteiger partial charge in [0.25, 0.3) is 11.8 Å². The van der Waals surface area contributed by atoms with Crippen molar-refractivity contribution in [2.45, 2.75) is 38.3 Å². The monoisotopic (exact) mass is 301 g/mol. The quantitative estimate of drug-likeness (QED) is 0.496. The fraction of sp³-hybridized carbons (Fsp3) is 0.727. The molecule has 20 heavy (non-hydrogen) atoms. The van der Waals surface area contributed by atoms with Gasteiger partial charge in [-0.2, -0.15) is 10.2 Å². The molecule has 2 heterocycles. The summed E-state index contributed by atoms with van der Waals surface area (Å²) in [7, 11) is 0. The summed E-state index contributed by atoms with van der Waals surface area (Å²) >= 11 is -1.18. The molecule has 8 nitrogen and oxygen atoms in total. The van der Waals surface area contributed by atoms with Crippen molar-refractivity contribution < 1.29 is 23.8 Å².